The fourth-order valence-corrected chi connectivity index (χ4v) is 2.99. The molecule has 1 heterocycles. The number of hydrogen-bond acceptors (Lipinski definition) is 7. The number of ether oxygens (including phenoxy) is 5. The maximum absolute atomic E-state index is 12.6. The van der Waals surface area contributed by atoms with Crippen molar-refractivity contribution < 1.29 is 28.5 Å². The van der Waals surface area contributed by atoms with E-state index in [1.807, 2.05) is 26.0 Å². The lowest BCUT2D eigenvalue weighted by atomic mass is 10.1. The van der Waals surface area contributed by atoms with E-state index in [9.17, 15) is 4.79 Å². The summed E-state index contributed by atoms with van der Waals surface area (Å²) < 4.78 is 27.6. The van der Waals surface area contributed by atoms with Crippen molar-refractivity contribution in [3.05, 3.63) is 47.5 Å². The number of hydrogen-bond donors (Lipinski definition) is 1. The molecule has 0 fully saturated rings. The zero-order valence-electron chi connectivity index (χ0n) is 17.3. The van der Waals surface area contributed by atoms with Crippen LogP contribution in [0.3, 0.4) is 0 Å². The summed E-state index contributed by atoms with van der Waals surface area (Å²) in [4.78, 5) is 12.6. The molecule has 1 N–H and O–H groups in total. The van der Waals surface area contributed by atoms with Crippen LogP contribution in [-0.2, 0) is 9.53 Å². The Morgan fingerprint density at radius 3 is 2.53 bits per heavy atom. The number of amides is 1. The van der Waals surface area contributed by atoms with Gasteiger partial charge in [0.05, 0.1) is 19.4 Å². The van der Waals surface area contributed by atoms with E-state index in [-0.39, 0.29) is 0 Å². The van der Waals surface area contributed by atoms with Crippen molar-refractivity contribution in [1.82, 2.24) is 5.43 Å². The molecular weight excluding hydrogens is 388 g/mol. The first kappa shape index (κ1) is 21.4. The van der Waals surface area contributed by atoms with E-state index in [0.717, 1.165) is 5.56 Å². The van der Waals surface area contributed by atoms with Gasteiger partial charge in [0.1, 0.15) is 13.2 Å². The quantitative estimate of drug-likeness (QED) is 0.501. The van der Waals surface area contributed by atoms with Crippen LogP contribution in [0.25, 0.3) is 0 Å². The third-order valence-electron chi connectivity index (χ3n) is 4.30. The normalized spacial score (nSPS) is 13.7. The Kier molecular flexibility index (Phi) is 7.51. The SMILES string of the molecule is CCOc1ccc(/C=N/NC(=O)C(OC)c2ccc3c(c2)OCCO3)cc1OCC. The van der Waals surface area contributed by atoms with Gasteiger partial charge in [0, 0.05) is 7.11 Å². The molecular formula is C22H26N2O6. The summed E-state index contributed by atoms with van der Waals surface area (Å²) in [5, 5.41) is 4.04. The summed E-state index contributed by atoms with van der Waals surface area (Å²) in [5.41, 5.74) is 3.92. The highest BCUT2D eigenvalue weighted by molar-refractivity contribution is 5.85. The Balaban J connectivity index is 1.67. The van der Waals surface area contributed by atoms with E-state index >= 15 is 0 Å². The minimum absolute atomic E-state index is 0.401. The van der Waals surface area contributed by atoms with Gasteiger partial charge in [-0.15, -0.1) is 0 Å². The highest BCUT2D eigenvalue weighted by Crippen LogP contribution is 2.33. The average molecular weight is 414 g/mol. The predicted molar refractivity (Wildman–Crippen MR) is 112 cm³/mol. The Morgan fingerprint density at radius 1 is 1.07 bits per heavy atom. The summed E-state index contributed by atoms with van der Waals surface area (Å²) in [6.07, 6.45) is 0.699. The molecule has 2 aromatic rings. The topological polar surface area (TPSA) is 87.6 Å². The Labute approximate surface area is 175 Å². The number of nitrogens with zero attached hydrogens (tertiary/aromatic N) is 1. The van der Waals surface area contributed by atoms with Crippen molar-refractivity contribution in [1.29, 1.82) is 0 Å². The largest absolute Gasteiger partial charge is 0.490 e. The molecule has 8 heteroatoms. The molecule has 1 amide bonds. The van der Waals surface area contributed by atoms with E-state index < -0.39 is 12.0 Å². The molecule has 0 radical (unpaired) electrons. The summed E-state index contributed by atoms with van der Waals surface area (Å²) in [6, 6.07) is 10.7. The maximum atomic E-state index is 12.6. The van der Waals surface area contributed by atoms with E-state index in [4.69, 9.17) is 23.7 Å². The Hall–Kier alpha value is -3.26. The van der Waals surface area contributed by atoms with Crippen molar-refractivity contribution in [3.8, 4) is 23.0 Å². The number of carbonyl (C=O) groups excluding carboxylic acids is 1. The summed E-state index contributed by atoms with van der Waals surface area (Å²) in [6.45, 7) is 5.85. The molecule has 0 saturated heterocycles. The van der Waals surface area contributed by atoms with Gasteiger partial charge in [-0.25, -0.2) is 5.43 Å². The first-order valence-corrected chi connectivity index (χ1v) is 9.81. The summed E-state index contributed by atoms with van der Waals surface area (Å²) in [7, 11) is 1.46. The van der Waals surface area contributed by atoms with E-state index in [1.165, 1.54) is 13.3 Å². The van der Waals surface area contributed by atoms with Crippen LogP contribution in [0, 0.1) is 0 Å². The van der Waals surface area contributed by atoms with Crippen molar-refractivity contribution in [2.45, 2.75) is 20.0 Å². The van der Waals surface area contributed by atoms with Gasteiger partial charge in [-0.1, -0.05) is 6.07 Å². The molecule has 1 aliphatic rings. The molecule has 30 heavy (non-hydrogen) atoms. The number of nitrogens with one attached hydrogen (secondary N) is 1. The Bertz CT molecular complexity index is 899. The second-order valence-corrected chi connectivity index (χ2v) is 6.33. The number of methoxy groups -OCH3 is 1. The van der Waals surface area contributed by atoms with E-state index in [0.29, 0.717) is 55.0 Å². The van der Waals surface area contributed by atoms with Gasteiger partial charge in [-0.2, -0.15) is 5.10 Å². The fourth-order valence-electron chi connectivity index (χ4n) is 2.99. The van der Waals surface area contributed by atoms with Gasteiger partial charge < -0.3 is 23.7 Å². The third kappa shape index (κ3) is 5.21. The second kappa shape index (κ2) is 10.5. The second-order valence-electron chi connectivity index (χ2n) is 6.33. The molecule has 0 spiro atoms. The minimum Gasteiger partial charge on any atom is -0.490 e. The molecule has 3 rings (SSSR count). The van der Waals surface area contributed by atoms with Crippen LogP contribution < -0.4 is 24.4 Å². The number of hydrazone groups is 1. The molecule has 1 atom stereocenters. The van der Waals surface area contributed by atoms with Crippen LogP contribution in [0.2, 0.25) is 0 Å². The van der Waals surface area contributed by atoms with Gasteiger partial charge in [0.25, 0.3) is 5.91 Å². The number of benzene rings is 2. The molecule has 1 aliphatic heterocycles. The lowest BCUT2D eigenvalue weighted by Gasteiger charge is -2.20. The maximum Gasteiger partial charge on any atom is 0.273 e. The van der Waals surface area contributed by atoms with E-state index in [2.05, 4.69) is 10.5 Å². The van der Waals surface area contributed by atoms with Crippen molar-refractivity contribution >= 4 is 12.1 Å². The minimum atomic E-state index is -0.836. The molecule has 0 aliphatic carbocycles. The van der Waals surface area contributed by atoms with Gasteiger partial charge >= 0.3 is 0 Å². The molecule has 1 unspecified atom stereocenters. The summed E-state index contributed by atoms with van der Waals surface area (Å²) >= 11 is 0. The van der Waals surface area contributed by atoms with E-state index in [1.54, 1.807) is 24.3 Å². The molecule has 0 bridgehead atoms. The monoisotopic (exact) mass is 414 g/mol. The fraction of sp³-hybridized carbons (Fsp3) is 0.364. The zero-order valence-corrected chi connectivity index (χ0v) is 17.3. The number of rotatable bonds is 9. The molecule has 160 valence electrons. The van der Waals surface area contributed by atoms with Gasteiger partial charge in [0.2, 0.25) is 0 Å². The predicted octanol–water partition coefficient (Wildman–Crippen LogP) is 3.09. The standard InChI is InChI=1S/C22H26N2O6/c1-4-27-17-8-6-15(12-19(17)28-5-2)14-23-24-22(25)21(26-3)16-7-9-18-20(13-16)30-11-10-29-18/h6-9,12-14,21H,4-5,10-11H2,1-3H3,(H,24,25)/b23-14+. The van der Waals surface area contributed by atoms with Crippen molar-refractivity contribution in [2.24, 2.45) is 5.10 Å². The third-order valence-corrected chi connectivity index (χ3v) is 4.30. The first-order valence-electron chi connectivity index (χ1n) is 9.81. The molecule has 8 nitrogen and oxygen atoms in total. The lowest BCUT2D eigenvalue weighted by molar-refractivity contribution is -0.131. The van der Waals surface area contributed by atoms with Gasteiger partial charge in [-0.3, -0.25) is 4.79 Å². The van der Waals surface area contributed by atoms with Crippen molar-refractivity contribution in [2.75, 3.05) is 33.5 Å². The zero-order chi connectivity index (χ0) is 21.3. The molecule has 2 aromatic carbocycles. The first-order chi connectivity index (χ1) is 14.7. The molecule has 0 saturated carbocycles. The van der Waals surface area contributed by atoms with Crippen LogP contribution in [0.1, 0.15) is 31.1 Å². The van der Waals surface area contributed by atoms with Crippen molar-refractivity contribution in [3.63, 3.8) is 0 Å². The van der Waals surface area contributed by atoms with Crippen LogP contribution in [-0.4, -0.2) is 45.7 Å². The highest BCUT2D eigenvalue weighted by atomic mass is 16.6. The lowest BCUT2D eigenvalue weighted by Crippen LogP contribution is -2.27. The highest BCUT2D eigenvalue weighted by Gasteiger charge is 2.22. The smallest absolute Gasteiger partial charge is 0.273 e. The van der Waals surface area contributed by atoms with Crippen LogP contribution in [0.4, 0.5) is 0 Å². The summed E-state index contributed by atoms with van der Waals surface area (Å²) in [5.74, 6) is 2.13. The molecule has 0 aromatic heterocycles. The Morgan fingerprint density at radius 2 is 1.80 bits per heavy atom. The number of fused-ring (bicyclic) bond motifs is 1. The van der Waals surface area contributed by atoms with Crippen LogP contribution in [0.5, 0.6) is 23.0 Å². The van der Waals surface area contributed by atoms with Crippen LogP contribution >= 0.6 is 0 Å². The van der Waals surface area contributed by atoms with Gasteiger partial charge in [0.15, 0.2) is 29.1 Å². The average Bonchev–Trinajstić information content (AvgIpc) is 2.76. The van der Waals surface area contributed by atoms with Crippen LogP contribution in [0.15, 0.2) is 41.5 Å². The number of carbonyl (C=O) groups is 1. The van der Waals surface area contributed by atoms with Gasteiger partial charge in [-0.05, 0) is 55.3 Å².